The summed E-state index contributed by atoms with van der Waals surface area (Å²) >= 11 is 19.2. The first-order valence-corrected chi connectivity index (χ1v) is 11.2. The monoisotopic (exact) mass is 495 g/mol. The van der Waals surface area contributed by atoms with E-state index in [0.717, 1.165) is 22.0 Å². The van der Waals surface area contributed by atoms with Gasteiger partial charge in [0.1, 0.15) is 5.15 Å². The fourth-order valence-corrected chi connectivity index (χ4v) is 4.56. The first-order chi connectivity index (χ1) is 15.9. The van der Waals surface area contributed by atoms with Gasteiger partial charge in [0, 0.05) is 27.8 Å². The maximum atomic E-state index is 13.5. The molecular formula is C25H16Cl3N3O2. The lowest BCUT2D eigenvalue weighted by atomic mass is 10.1. The van der Waals surface area contributed by atoms with Crippen molar-refractivity contribution in [3.63, 3.8) is 0 Å². The van der Waals surface area contributed by atoms with Gasteiger partial charge in [-0.3, -0.25) is 9.78 Å². The van der Waals surface area contributed by atoms with Crippen LogP contribution in [0.3, 0.4) is 0 Å². The molecule has 0 bridgehead atoms. The Morgan fingerprint density at radius 1 is 1.06 bits per heavy atom. The SMILES string of the molecule is Cc1ccc2c(c1)c(C(=O)c1cnc(-c3cccnc3)o1)c(Cl)n2Cc1ccc(Cl)cc1Cl. The summed E-state index contributed by atoms with van der Waals surface area (Å²) in [6.07, 6.45) is 4.69. The third-order valence-electron chi connectivity index (χ3n) is 5.36. The second kappa shape index (κ2) is 8.67. The topological polar surface area (TPSA) is 60.9 Å². The highest BCUT2D eigenvalue weighted by Crippen LogP contribution is 2.35. The van der Waals surface area contributed by atoms with Crippen LogP contribution in [-0.2, 0) is 6.54 Å². The van der Waals surface area contributed by atoms with Gasteiger partial charge in [-0.15, -0.1) is 0 Å². The molecule has 0 fully saturated rings. The number of aromatic nitrogens is 3. The van der Waals surface area contributed by atoms with Crippen molar-refractivity contribution in [2.24, 2.45) is 0 Å². The van der Waals surface area contributed by atoms with Gasteiger partial charge in [0.15, 0.2) is 5.76 Å². The van der Waals surface area contributed by atoms with Crippen molar-refractivity contribution >= 4 is 51.5 Å². The summed E-state index contributed by atoms with van der Waals surface area (Å²) in [6.45, 7) is 2.34. The van der Waals surface area contributed by atoms with Crippen LogP contribution in [0.15, 0.2) is 71.5 Å². The zero-order valence-corrected chi connectivity index (χ0v) is 19.6. The zero-order valence-electron chi connectivity index (χ0n) is 17.3. The smallest absolute Gasteiger partial charge is 0.233 e. The molecule has 5 aromatic rings. The predicted molar refractivity (Wildman–Crippen MR) is 130 cm³/mol. The van der Waals surface area contributed by atoms with Crippen molar-refractivity contribution in [2.45, 2.75) is 13.5 Å². The van der Waals surface area contributed by atoms with Crippen LogP contribution in [0.1, 0.15) is 27.2 Å². The highest BCUT2D eigenvalue weighted by molar-refractivity contribution is 6.37. The fourth-order valence-electron chi connectivity index (χ4n) is 3.75. The van der Waals surface area contributed by atoms with E-state index in [0.29, 0.717) is 38.8 Å². The number of carbonyl (C=O) groups is 1. The van der Waals surface area contributed by atoms with E-state index in [1.165, 1.54) is 6.20 Å². The summed E-state index contributed by atoms with van der Waals surface area (Å²) in [7, 11) is 0. The number of nitrogens with zero attached hydrogens (tertiary/aromatic N) is 3. The maximum absolute atomic E-state index is 13.5. The molecule has 0 aliphatic rings. The Morgan fingerprint density at radius 3 is 2.67 bits per heavy atom. The van der Waals surface area contributed by atoms with Crippen molar-refractivity contribution in [2.75, 3.05) is 0 Å². The molecule has 0 aliphatic carbocycles. The van der Waals surface area contributed by atoms with Crippen molar-refractivity contribution in [1.82, 2.24) is 14.5 Å². The summed E-state index contributed by atoms with van der Waals surface area (Å²) in [5.74, 6) is 0.0652. The average molecular weight is 497 g/mol. The molecule has 2 aromatic carbocycles. The van der Waals surface area contributed by atoms with Crippen molar-refractivity contribution in [3.8, 4) is 11.5 Å². The van der Waals surface area contributed by atoms with Gasteiger partial charge in [0.05, 0.1) is 29.4 Å². The van der Waals surface area contributed by atoms with Crippen LogP contribution in [0.2, 0.25) is 15.2 Å². The molecule has 0 aliphatic heterocycles. The summed E-state index contributed by atoms with van der Waals surface area (Å²) in [6, 6.07) is 14.7. The number of fused-ring (bicyclic) bond motifs is 1. The molecule has 0 amide bonds. The average Bonchev–Trinajstić information content (AvgIpc) is 3.39. The lowest BCUT2D eigenvalue weighted by molar-refractivity contribution is 0.101. The Hall–Kier alpha value is -3.12. The third-order valence-corrected chi connectivity index (χ3v) is 6.34. The lowest BCUT2D eigenvalue weighted by Gasteiger charge is -2.10. The normalized spacial score (nSPS) is 11.3. The molecule has 0 saturated heterocycles. The number of ketones is 1. The van der Waals surface area contributed by atoms with Gasteiger partial charge in [0.25, 0.3) is 0 Å². The highest BCUT2D eigenvalue weighted by atomic mass is 35.5. The number of hydrogen-bond acceptors (Lipinski definition) is 4. The molecule has 5 rings (SSSR count). The minimum Gasteiger partial charge on any atom is -0.433 e. The molecule has 0 atom stereocenters. The Labute approximate surface area is 204 Å². The molecule has 0 radical (unpaired) electrons. The maximum Gasteiger partial charge on any atom is 0.233 e. The first-order valence-electron chi connectivity index (χ1n) is 10.1. The molecule has 164 valence electrons. The van der Waals surface area contributed by atoms with E-state index in [-0.39, 0.29) is 11.5 Å². The minimum atomic E-state index is -0.348. The Morgan fingerprint density at radius 2 is 1.91 bits per heavy atom. The molecule has 0 spiro atoms. The molecule has 8 heteroatoms. The minimum absolute atomic E-state index is 0.0980. The first kappa shape index (κ1) is 21.7. The van der Waals surface area contributed by atoms with Gasteiger partial charge < -0.3 is 8.98 Å². The van der Waals surface area contributed by atoms with E-state index in [9.17, 15) is 4.79 Å². The summed E-state index contributed by atoms with van der Waals surface area (Å²) in [4.78, 5) is 21.8. The predicted octanol–water partition coefficient (Wildman–Crippen LogP) is 7.24. The van der Waals surface area contributed by atoms with Crippen LogP contribution < -0.4 is 0 Å². The Kier molecular flexibility index (Phi) is 5.71. The highest BCUT2D eigenvalue weighted by Gasteiger charge is 2.26. The summed E-state index contributed by atoms with van der Waals surface area (Å²) in [5, 5.41) is 2.10. The van der Waals surface area contributed by atoms with E-state index in [4.69, 9.17) is 39.2 Å². The summed E-state index contributed by atoms with van der Waals surface area (Å²) in [5.41, 5.74) is 3.68. The molecule has 0 saturated carbocycles. The van der Waals surface area contributed by atoms with Crippen molar-refractivity contribution in [1.29, 1.82) is 0 Å². The van der Waals surface area contributed by atoms with Gasteiger partial charge >= 0.3 is 0 Å². The number of hydrogen-bond donors (Lipinski definition) is 0. The van der Waals surface area contributed by atoms with Gasteiger partial charge in [-0.05, 0) is 48.9 Å². The quantitative estimate of drug-likeness (QED) is 0.241. The van der Waals surface area contributed by atoms with Gasteiger partial charge in [0.2, 0.25) is 11.7 Å². The van der Waals surface area contributed by atoms with Crippen LogP contribution in [0.5, 0.6) is 0 Å². The van der Waals surface area contributed by atoms with Gasteiger partial charge in [-0.1, -0.05) is 52.5 Å². The van der Waals surface area contributed by atoms with Crippen LogP contribution in [0, 0.1) is 6.92 Å². The standard InChI is InChI=1S/C25H16Cl3N3O2/c1-14-4-7-20-18(9-14)22(24(28)31(20)13-16-5-6-17(26)10-19(16)27)23(32)21-12-30-25(33-21)15-3-2-8-29-11-15/h2-12H,13H2,1H3. The van der Waals surface area contributed by atoms with E-state index in [1.54, 1.807) is 30.6 Å². The fraction of sp³-hybridized carbons (Fsp3) is 0.0800. The molecule has 3 aromatic heterocycles. The number of carbonyl (C=O) groups excluding carboxylic acids is 1. The Balaban J connectivity index is 1.61. The Bertz CT molecular complexity index is 1510. The number of pyridine rings is 1. The molecule has 3 heterocycles. The number of rotatable bonds is 5. The zero-order chi connectivity index (χ0) is 23.1. The van der Waals surface area contributed by atoms with Gasteiger partial charge in [-0.2, -0.15) is 0 Å². The van der Waals surface area contributed by atoms with Gasteiger partial charge in [-0.25, -0.2) is 4.98 Å². The van der Waals surface area contributed by atoms with Crippen LogP contribution in [0.4, 0.5) is 0 Å². The number of oxazole rings is 1. The van der Waals surface area contributed by atoms with E-state index in [2.05, 4.69) is 9.97 Å². The molecule has 0 unspecified atom stereocenters. The number of aryl methyl sites for hydroxylation is 1. The second-order valence-corrected chi connectivity index (χ2v) is 8.81. The van der Waals surface area contributed by atoms with E-state index in [1.807, 2.05) is 41.8 Å². The van der Waals surface area contributed by atoms with Crippen LogP contribution in [-0.4, -0.2) is 20.3 Å². The molecule has 33 heavy (non-hydrogen) atoms. The van der Waals surface area contributed by atoms with E-state index >= 15 is 0 Å². The third kappa shape index (κ3) is 4.04. The van der Waals surface area contributed by atoms with Crippen LogP contribution >= 0.6 is 34.8 Å². The van der Waals surface area contributed by atoms with E-state index < -0.39 is 0 Å². The molecule has 5 nitrogen and oxygen atoms in total. The number of halogens is 3. The lowest BCUT2D eigenvalue weighted by Crippen LogP contribution is -2.03. The number of benzene rings is 2. The summed E-state index contributed by atoms with van der Waals surface area (Å²) < 4.78 is 7.63. The second-order valence-electron chi connectivity index (χ2n) is 7.61. The molecule has 0 N–H and O–H groups in total. The molecular weight excluding hydrogens is 481 g/mol. The van der Waals surface area contributed by atoms with Crippen molar-refractivity contribution < 1.29 is 9.21 Å². The largest absolute Gasteiger partial charge is 0.433 e. The van der Waals surface area contributed by atoms with Crippen molar-refractivity contribution in [3.05, 3.63) is 105 Å². The van der Waals surface area contributed by atoms with Crippen LogP contribution in [0.25, 0.3) is 22.4 Å².